The minimum absolute atomic E-state index is 0.367. The highest BCUT2D eigenvalue weighted by Crippen LogP contribution is 2.20. The topological polar surface area (TPSA) is 59.8 Å². The summed E-state index contributed by atoms with van der Waals surface area (Å²) < 4.78 is 28.3. The van der Waals surface area contributed by atoms with E-state index >= 15 is 0 Å². The van der Waals surface area contributed by atoms with Crippen LogP contribution in [0.1, 0.15) is 10.4 Å². The zero-order chi connectivity index (χ0) is 15.5. The number of hydrogen-bond acceptors (Lipinski definition) is 3. The Kier molecular flexibility index (Phi) is 3.61. The maximum atomic E-state index is 13.6. The van der Waals surface area contributed by atoms with Crippen molar-refractivity contribution in [3.05, 3.63) is 72.3 Å². The second-order valence-electron chi connectivity index (χ2n) is 4.44. The maximum Gasteiger partial charge on any atom is 0.258 e. The van der Waals surface area contributed by atoms with Gasteiger partial charge in [0.15, 0.2) is 0 Å². The molecule has 2 aromatic carbocycles. The van der Waals surface area contributed by atoms with Crippen molar-refractivity contribution in [3.8, 4) is 5.69 Å². The van der Waals surface area contributed by atoms with Gasteiger partial charge in [-0.1, -0.05) is 12.1 Å². The fraction of sp³-hybridized carbons (Fsp3) is 0. The second-order valence-corrected chi connectivity index (χ2v) is 4.44. The third kappa shape index (κ3) is 2.69. The van der Waals surface area contributed by atoms with Crippen molar-refractivity contribution in [2.75, 3.05) is 5.32 Å². The first-order valence-corrected chi connectivity index (χ1v) is 6.35. The lowest BCUT2D eigenvalue weighted by Crippen LogP contribution is -2.15. The van der Waals surface area contributed by atoms with E-state index in [0.29, 0.717) is 11.4 Å². The van der Waals surface area contributed by atoms with Gasteiger partial charge in [0.2, 0.25) is 0 Å². The highest BCUT2D eigenvalue weighted by atomic mass is 19.1. The maximum absolute atomic E-state index is 13.6. The van der Waals surface area contributed by atoms with Crippen LogP contribution in [0.25, 0.3) is 5.69 Å². The first-order valence-electron chi connectivity index (χ1n) is 6.35. The molecule has 0 bridgehead atoms. The molecule has 1 heterocycles. The Labute approximate surface area is 124 Å². The molecule has 110 valence electrons. The molecule has 1 aromatic heterocycles. The Balaban J connectivity index is 1.94. The van der Waals surface area contributed by atoms with Crippen molar-refractivity contribution in [2.45, 2.75) is 0 Å². The van der Waals surface area contributed by atoms with Gasteiger partial charge in [0, 0.05) is 0 Å². The number of benzene rings is 2. The van der Waals surface area contributed by atoms with E-state index < -0.39 is 17.5 Å². The molecule has 0 radical (unpaired) electrons. The highest BCUT2D eigenvalue weighted by molar-refractivity contribution is 6.05. The van der Waals surface area contributed by atoms with E-state index in [-0.39, 0.29) is 5.56 Å². The number of nitrogens with one attached hydrogen (secondary N) is 1. The largest absolute Gasteiger partial charge is 0.320 e. The molecule has 0 spiro atoms. The molecule has 0 aliphatic rings. The average molecular weight is 300 g/mol. The fourth-order valence-corrected chi connectivity index (χ4v) is 1.97. The molecule has 0 fully saturated rings. The average Bonchev–Trinajstić information content (AvgIpc) is 3.04. The van der Waals surface area contributed by atoms with Crippen LogP contribution in [0, 0.1) is 11.6 Å². The van der Waals surface area contributed by atoms with E-state index in [1.807, 2.05) is 0 Å². The Hall–Kier alpha value is -3.09. The number of rotatable bonds is 3. The van der Waals surface area contributed by atoms with Crippen LogP contribution in [0.2, 0.25) is 0 Å². The SMILES string of the molecule is O=C(Nc1ccccc1-n1cncn1)c1cc(F)ccc1F. The molecule has 5 nitrogen and oxygen atoms in total. The van der Waals surface area contributed by atoms with Crippen molar-refractivity contribution in [1.82, 2.24) is 14.8 Å². The van der Waals surface area contributed by atoms with Crippen molar-refractivity contribution in [2.24, 2.45) is 0 Å². The number of hydrogen-bond donors (Lipinski definition) is 1. The number of carbonyl (C=O) groups excluding carboxylic acids is 1. The smallest absolute Gasteiger partial charge is 0.258 e. The molecule has 3 aromatic rings. The lowest BCUT2D eigenvalue weighted by molar-refractivity contribution is 0.102. The van der Waals surface area contributed by atoms with Gasteiger partial charge < -0.3 is 5.32 Å². The molecule has 0 atom stereocenters. The molecular weight excluding hydrogens is 290 g/mol. The van der Waals surface area contributed by atoms with Crippen molar-refractivity contribution < 1.29 is 13.6 Å². The summed E-state index contributed by atoms with van der Waals surface area (Å²) in [6.07, 6.45) is 2.82. The minimum Gasteiger partial charge on any atom is -0.320 e. The van der Waals surface area contributed by atoms with Gasteiger partial charge in [0.05, 0.1) is 16.9 Å². The van der Waals surface area contributed by atoms with Gasteiger partial charge in [-0.3, -0.25) is 4.79 Å². The number of halogens is 2. The summed E-state index contributed by atoms with van der Waals surface area (Å²) in [5, 5.41) is 6.53. The number of anilines is 1. The molecule has 3 rings (SSSR count). The Morgan fingerprint density at radius 3 is 2.73 bits per heavy atom. The summed E-state index contributed by atoms with van der Waals surface area (Å²) in [6, 6.07) is 9.53. The molecule has 1 amide bonds. The van der Waals surface area contributed by atoms with Crippen LogP contribution in [0.3, 0.4) is 0 Å². The highest BCUT2D eigenvalue weighted by Gasteiger charge is 2.15. The molecular formula is C15H10F2N4O. The first kappa shape index (κ1) is 13.9. The molecule has 0 saturated carbocycles. The molecule has 0 saturated heterocycles. The van der Waals surface area contributed by atoms with Crippen molar-refractivity contribution >= 4 is 11.6 Å². The second kappa shape index (κ2) is 5.72. The Bertz CT molecular complexity index is 818. The quantitative estimate of drug-likeness (QED) is 0.809. The molecule has 22 heavy (non-hydrogen) atoms. The van der Waals surface area contributed by atoms with Gasteiger partial charge in [-0.25, -0.2) is 18.4 Å². The van der Waals surface area contributed by atoms with Crippen LogP contribution in [0.5, 0.6) is 0 Å². The van der Waals surface area contributed by atoms with E-state index in [0.717, 1.165) is 18.2 Å². The number of amides is 1. The summed E-state index contributed by atoms with van der Waals surface area (Å²) in [6.45, 7) is 0. The lowest BCUT2D eigenvalue weighted by atomic mass is 10.2. The third-order valence-electron chi connectivity index (χ3n) is 2.99. The van der Waals surface area contributed by atoms with Crippen molar-refractivity contribution in [1.29, 1.82) is 0 Å². The van der Waals surface area contributed by atoms with Crippen LogP contribution in [0.4, 0.5) is 14.5 Å². The Morgan fingerprint density at radius 2 is 1.95 bits per heavy atom. The van der Waals surface area contributed by atoms with Gasteiger partial charge in [0.1, 0.15) is 24.3 Å². The normalized spacial score (nSPS) is 10.5. The first-order chi connectivity index (χ1) is 10.6. The van der Waals surface area contributed by atoms with Crippen LogP contribution in [-0.2, 0) is 0 Å². The van der Waals surface area contributed by atoms with Gasteiger partial charge in [-0.05, 0) is 30.3 Å². The number of para-hydroxylation sites is 2. The minimum atomic E-state index is -0.794. The third-order valence-corrected chi connectivity index (χ3v) is 2.99. The molecule has 0 unspecified atom stereocenters. The van der Waals surface area contributed by atoms with Crippen LogP contribution >= 0.6 is 0 Å². The predicted octanol–water partition coefficient (Wildman–Crippen LogP) is 2.80. The molecule has 1 N–H and O–H groups in total. The number of nitrogens with zero attached hydrogens (tertiary/aromatic N) is 3. The van der Waals surface area contributed by atoms with Crippen LogP contribution < -0.4 is 5.32 Å². The van der Waals surface area contributed by atoms with Gasteiger partial charge >= 0.3 is 0 Å². The molecule has 0 aliphatic heterocycles. The van der Waals surface area contributed by atoms with E-state index in [4.69, 9.17) is 0 Å². The lowest BCUT2D eigenvalue weighted by Gasteiger charge is -2.11. The van der Waals surface area contributed by atoms with Crippen LogP contribution in [0.15, 0.2) is 55.1 Å². The number of aromatic nitrogens is 3. The zero-order valence-corrected chi connectivity index (χ0v) is 11.2. The number of carbonyl (C=O) groups is 1. The van der Waals surface area contributed by atoms with Gasteiger partial charge in [0.25, 0.3) is 5.91 Å². The fourth-order valence-electron chi connectivity index (χ4n) is 1.97. The molecule has 7 heteroatoms. The predicted molar refractivity (Wildman–Crippen MR) is 75.7 cm³/mol. The standard InChI is InChI=1S/C15H10F2N4O/c16-10-5-6-12(17)11(7-10)15(22)20-13-3-1-2-4-14(13)21-9-18-8-19-21/h1-9H,(H,20,22). The van der Waals surface area contributed by atoms with E-state index in [2.05, 4.69) is 15.4 Å². The summed E-state index contributed by atoms with van der Waals surface area (Å²) in [5.41, 5.74) is 0.597. The van der Waals surface area contributed by atoms with Gasteiger partial charge in [-0.15, -0.1) is 0 Å². The van der Waals surface area contributed by atoms with E-state index in [1.54, 1.807) is 24.3 Å². The zero-order valence-electron chi connectivity index (χ0n) is 11.2. The monoisotopic (exact) mass is 300 g/mol. The van der Waals surface area contributed by atoms with Crippen molar-refractivity contribution in [3.63, 3.8) is 0 Å². The summed E-state index contributed by atoms with van der Waals surface area (Å²) in [4.78, 5) is 16.0. The van der Waals surface area contributed by atoms with E-state index in [1.165, 1.54) is 17.3 Å². The summed E-state index contributed by atoms with van der Waals surface area (Å²) >= 11 is 0. The van der Waals surface area contributed by atoms with Crippen LogP contribution in [-0.4, -0.2) is 20.7 Å². The summed E-state index contributed by atoms with van der Waals surface area (Å²) in [7, 11) is 0. The van der Waals surface area contributed by atoms with E-state index in [9.17, 15) is 13.6 Å². The molecule has 0 aliphatic carbocycles. The summed E-state index contributed by atoms with van der Waals surface area (Å²) in [5.74, 6) is -2.22. The Morgan fingerprint density at radius 1 is 1.14 bits per heavy atom. The van der Waals surface area contributed by atoms with Gasteiger partial charge in [-0.2, -0.15) is 5.10 Å².